The summed E-state index contributed by atoms with van der Waals surface area (Å²) in [4.78, 5) is 35.1. The largest absolute Gasteiger partial charge is 0.508 e. The first-order chi connectivity index (χ1) is 12.8. The van der Waals surface area contributed by atoms with E-state index < -0.39 is 17.3 Å². The first kappa shape index (κ1) is 18.0. The summed E-state index contributed by atoms with van der Waals surface area (Å²) in [6, 6.07) is 9.44. The third-order valence-electron chi connectivity index (χ3n) is 3.71. The van der Waals surface area contributed by atoms with E-state index in [4.69, 9.17) is 9.15 Å². The number of aromatic hydroxyl groups is 2. The highest BCUT2D eigenvalue weighted by Crippen LogP contribution is 2.25. The molecule has 3 rings (SSSR count). The number of benzene rings is 2. The topological polar surface area (TPSA) is 126 Å². The number of hydrogen-bond acceptors (Lipinski definition) is 7. The van der Waals surface area contributed by atoms with E-state index in [0.29, 0.717) is 16.6 Å². The number of esters is 1. The fourth-order valence-corrected chi connectivity index (χ4v) is 2.54. The second-order valence-electron chi connectivity index (χ2n) is 5.76. The molecular formula is C19H15NO7. The molecule has 0 aliphatic carbocycles. The molecule has 8 nitrogen and oxygen atoms in total. The highest BCUT2D eigenvalue weighted by Gasteiger charge is 2.15. The molecule has 1 heterocycles. The minimum absolute atomic E-state index is 0.118. The van der Waals surface area contributed by atoms with E-state index in [-0.39, 0.29) is 29.4 Å². The van der Waals surface area contributed by atoms with Crippen LogP contribution in [0.3, 0.4) is 0 Å². The Kier molecular flexibility index (Phi) is 4.80. The highest BCUT2D eigenvalue weighted by atomic mass is 16.5. The van der Waals surface area contributed by atoms with Crippen LogP contribution in [0.25, 0.3) is 11.0 Å². The monoisotopic (exact) mass is 369 g/mol. The van der Waals surface area contributed by atoms with Gasteiger partial charge in [-0.3, -0.25) is 4.79 Å². The van der Waals surface area contributed by atoms with Gasteiger partial charge in [0.05, 0.1) is 0 Å². The van der Waals surface area contributed by atoms with Crippen LogP contribution in [0.5, 0.6) is 11.5 Å². The number of hydrogen-bond donors (Lipinski definition) is 3. The maximum absolute atomic E-state index is 12.1. The molecular weight excluding hydrogens is 354 g/mol. The number of carbonyl (C=O) groups excluding carboxylic acids is 2. The molecule has 0 unspecified atom stereocenters. The van der Waals surface area contributed by atoms with Gasteiger partial charge in [-0.25, -0.2) is 9.59 Å². The third-order valence-corrected chi connectivity index (χ3v) is 3.71. The number of phenolic OH excluding ortho intramolecular Hbond substituents is 2. The van der Waals surface area contributed by atoms with Gasteiger partial charge in [-0.15, -0.1) is 0 Å². The van der Waals surface area contributed by atoms with Crippen LogP contribution < -0.4 is 10.9 Å². The lowest BCUT2D eigenvalue weighted by Crippen LogP contribution is -2.09. The van der Waals surface area contributed by atoms with Crippen molar-refractivity contribution in [2.45, 2.75) is 13.5 Å². The Morgan fingerprint density at radius 3 is 2.59 bits per heavy atom. The molecule has 1 aromatic heterocycles. The van der Waals surface area contributed by atoms with Gasteiger partial charge in [0.2, 0.25) is 5.91 Å². The average molecular weight is 369 g/mol. The van der Waals surface area contributed by atoms with Gasteiger partial charge < -0.3 is 24.7 Å². The summed E-state index contributed by atoms with van der Waals surface area (Å²) < 4.78 is 10.3. The number of phenols is 2. The molecule has 0 bridgehead atoms. The minimum atomic E-state index is -0.816. The third kappa shape index (κ3) is 4.06. The second kappa shape index (κ2) is 7.20. The Bertz CT molecular complexity index is 1100. The number of ether oxygens (including phenoxy) is 1. The summed E-state index contributed by atoms with van der Waals surface area (Å²) in [6.07, 6.45) is 0. The summed E-state index contributed by atoms with van der Waals surface area (Å²) in [7, 11) is 0. The molecule has 0 saturated heterocycles. The Labute approximate surface area is 152 Å². The molecule has 0 spiro atoms. The van der Waals surface area contributed by atoms with Gasteiger partial charge in [0.25, 0.3) is 0 Å². The first-order valence-corrected chi connectivity index (χ1v) is 7.87. The van der Waals surface area contributed by atoms with E-state index in [1.807, 2.05) is 0 Å². The number of fused-ring (bicyclic) bond motifs is 1. The molecule has 3 N–H and O–H groups in total. The van der Waals surface area contributed by atoms with Crippen LogP contribution in [0.1, 0.15) is 22.8 Å². The highest BCUT2D eigenvalue weighted by molar-refractivity contribution is 5.93. The van der Waals surface area contributed by atoms with Gasteiger partial charge >= 0.3 is 11.6 Å². The second-order valence-corrected chi connectivity index (χ2v) is 5.76. The maximum Gasteiger partial charge on any atom is 0.342 e. The fourth-order valence-electron chi connectivity index (χ4n) is 2.54. The van der Waals surface area contributed by atoms with Crippen LogP contribution in [0, 0.1) is 0 Å². The lowest BCUT2D eigenvalue weighted by molar-refractivity contribution is -0.114. The number of carbonyl (C=O) groups is 2. The molecule has 0 aliphatic rings. The number of rotatable bonds is 4. The van der Waals surface area contributed by atoms with Gasteiger partial charge in [0, 0.05) is 41.8 Å². The predicted molar refractivity (Wildman–Crippen MR) is 95.7 cm³/mol. The quantitative estimate of drug-likeness (QED) is 0.476. The van der Waals surface area contributed by atoms with E-state index in [0.717, 1.165) is 6.07 Å². The average Bonchev–Trinajstić information content (AvgIpc) is 2.58. The van der Waals surface area contributed by atoms with Crippen LogP contribution in [-0.4, -0.2) is 22.1 Å². The molecule has 1 amide bonds. The molecule has 138 valence electrons. The summed E-state index contributed by atoms with van der Waals surface area (Å²) in [6.45, 7) is 1.12. The van der Waals surface area contributed by atoms with Gasteiger partial charge in [0.1, 0.15) is 29.3 Å². The number of amides is 1. The predicted octanol–water partition coefficient (Wildman–Crippen LogP) is 2.52. The van der Waals surface area contributed by atoms with E-state index >= 15 is 0 Å². The van der Waals surface area contributed by atoms with E-state index in [1.165, 1.54) is 31.2 Å². The summed E-state index contributed by atoms with van der Waals surface area (Å²) >= 11 is 0. The van der Waals surface area contributed by atoms with Crippen molar-refractivity contribution >= 4 is 28.5 Å². The SMILES string of the molecule is CC(=O)Nc1ccc2c(COC(=O)c3ccc(O)cc3O)cc(=O)oc2c1. The Balaban J connectivity index is 1.87. The van der Waals surface area contributed by atoms with Gasteiger partial charge in [-0.1, -0.05) is 0 Å². The maximum atomic E-state index is 12.1. The zero-order chi connectivity index (χ0) is 19.6. The summed E-state index contributed by atoms with van der Waals surface area (Å²) in [5.74, 6) is -1.69. The normalized spacial score (nSPS) is 10.6. The van der Waals surface area contributed by atoms with E-state index in [9.17, 15) is 24.6 Å². The van der Waals surface area contributed by atoms with Crippen molar-refractivity contribution in [1.29, 1.82) is 0 Å². The number of nitrogens with one attached hydrogen (secondary N) is 1. The standard InChI is InChI=1S/C19H15NO7/c1-10(21)20-12-2-4-14-11(6-18(24)27-17(14)7-12)9-26-19(25)15-5-3-13(22)8-16(15)23/h2-8,22-23H,9H2,1H3,(H,20,21). The van der Waals surface area contributed by atoms with Gasteiger partial charge in [0.15, 0.2) is 0 Å². The van der Waals surface area contributed by atoms with Crippen LogP contribution in [0.15, 0.2) is 51.7 Å². The van der Waals surface area contributed by atoms with Crippen molar-refractivity contribution < 1.29 is 29.0 Å². The molecule has 0 radical (unpaired) electrons. The van der Waals surface area contributed by atoms with Crippen LogP contribution in [0.4, 0.5) is 5.69 Å². The first-order valence-electron chi connectivity index (χ1n) is 7.87. The fraction of sp³-hybridized carbons (Fsp3) is 0.105. The van der Waals surface area contributed by atoms with Crippen molar-refractivity contribution in [3.8, 4) is 11.5 Å². The summed E-state index contributed by atoms with van der Waals surface area (Å²) in [5, 5.41) is 22.1. The van der Waals surface area contributed by atoms with E-state index in [2.05, 4.69) is 5.32 Å². The van der Waals surface area contributed by atoms with Crippen LogP contribution in [-0.2, 0) is 16.1 Å². The smallest absolute Gasteiger partial charge is 0.342 e. The Morgan fingerprint density at radius 1 is 1.11 bits per heavy atom. The Hall–Kier alpha value is -3.81. The lowest BCUT2D eigenvalue weighted by atomic mass is 10.1. The van der Waals surface area contributed by atoms with Crippen molar-refractivity contribution in [3.63, 3.8) is 0 Å². The van der Waals surface area contributed by atoms with Crippen molar-refractivity contribution in [3.05, 3.63) is 64.0 Å². The van der Waals surface area contributed by atoms with Crippen molar-refractivity contribution in [2.24, 2.45) is 0 Å². The number of anilines is 1. The Morgan fingerprint density at radius 2 is 1.89 bits per heavy atom. The summed E-state index contributed by atoms with van der Waals surface area (Å²) in [5.41, 5.74) is 0.338. The van der Waals surface area contributed by atoms with Gasteiger partial charge in [-0.05, 0) is 24.3 Å². The lowest BCUT2D eigenvalue weighted by Gasteiger charge is -2.09. The molecule has 0 aliphatic heterocycles. The van der Waals surface area contributed by atoms with Crippen LogP contribution >= 0.6 is 0 Å². The molecule has 27 heavy (non-hydrogen) atoms. The molecule has 8 heteroatoms. The van der Waals surface area contributed by atoms with Crippen molar-refractivity contribution in [2.75, 3.05) is 5.32 Å². The minimum Gasteiger partial charge on any atom is -0.508 e. The molecule has 0 saturated carbocycles. The van der Waals surface area contributed by atoms with Crippen LogP contribution in [0.2, 0.25) is 0 Å². The zero-order valence-electron chi connectivity index (χ0n) is 14.2. The molecule has 2 aromatic carbocycles. The molecule has 0 fully saturated rings. The van der Waals surface area contributed by atoms with Gasteiger partial charge in [-0.2, -0.15) is 0 Å². The van der Waals surface area contributed by atoms with Crippen molar-refractivity contribution in [1.82, 2.24) is 0 Å². The zero-order valence-corrected chi connectivity index (χ0v) is 14.2. The molecule has 0 atom stereocenters. The van der Waals surface area contributed by atoms with E-state index in [1.54, 1.807) is 12.1 Å². The molecule has 3 aromatic rings.